The van der Waals surface area contributed by atoms with Crippen molar-refractivity contribution in [1.29, 1.82) is 0 Å². The molecule has 2 saturated heterocycles. The molecule has 5 rings (SSSR count). The predicted molar refractivity (Wildman–Crippen MR) is 128 cm³/mol. The number of fused-ring (bicyclic) bond motifs is 1. The summed E-state index contributed by atoms with van der Waals surface area (Å²) >= 11 is 0. The van der Waals surface area contributed by atoms with Gasteiger partial charge in [0.25, 0.3) is 0 Å². The molecule has 2 atom stereocenters. The van der Waals surface area contributed by atoms with Crippen LogP contribution in [0.4, 0.5) is 4.79 Å². The van der Waals surface area contributed by atoms with E-state index in [0.29, 0.717) is 43.0 Å². The summed E-state index contributed by atoms with van der Waals surface area (Å²) in [6.07, 6.45) is 6.55. The number of allylic oxidation sites excluding steroid dienone is 2. The number of hydrogen-bond donors (Lipinski definition) is 0. The Morgan fingerprint density at radius 1 is 1.00 bits per heavy atom. The molecule has 2 fully saturated rings. The van der Waals surface area contributed by atoms with Crippen LogP contribution in [0.5, 0.6) is 0 Å². The molecule has 0 radical (unpaired) electrons. The number of sulfonamides is 1. The number of benzene rings is 2. The Balaban J connectivity index is 1.36. The molecule has 2 heterocycles. The van der Waals surface area contributed by atoms with Crippen LogP contribution in [-0.4, -0.2) is 62.6 Å². The molecule has 178 valence electrons. The lowest BCUT2D eigenvalue weighted by Crippen LogP contribution is -2.58. The van der Waals surface area contributed by atoms with Crippen molar-refractivity contribution in [3.05, 3.63) is 78.6 Å². The van der Waals surface area contributed by atoms with Crippen molar-refractivity contribution in [3.63, 3.8) is 0 Å². The van der Waals surface area contributed by atoms with E-state index in [1.165, 1.54) is 4.31 Å². The Labute approximate surface area is 200 Å². The molecular weight excluding hydrogens is 452 g/mol. The van der Waals surface area contributed by atoms with Gasteiger partial charge in [0, 0.05) is 30.6 Å². The normalized spacial score (nSPS) is 23.7. The zero-order valence-electron chi connectivity index (χ0n) is 19.0. The lowest BCUT2D eigenvalue weighted by molar-refractivity contribution is -0.0118. The van der Waals surface area contributed by atoms with Gasteiger partial charge in [0.2, 0.25) is 10.0 Å². The zero-order valence-corrected chi connectivity index (χ0v) is 19.9. The van der Waals surface area contributed by atoms with Crippen LogP contribution in [-0.2, 0) is 19.5 Å². The molecule has 7 nitrogen and oxygen atoms in total. The number of nitrogens with zero attached hydrogens (tertiary/aromatic N) is 2. The number of hydrogen-bond acceptors (Lipinski definition) is 5. The van der Waals surface area contributed by atoms with Crippen molar-refractivity contribution < 1.29 is 22.7 Å². The molecule has 8 heteroatoms. The lowest BCUT2D eigenvalue weighted by atomic mass is 9.89. The summed E-state index contributed by atoms with van der Waals surface area (Å²) in [6.45, 7) is 0.985. The first-order chi connectivity index (χ1) is 16.5. The van der Waals surface area contributed by atoms with Gasteiger partial charge in [-0.1, -0.05) is 60.7 Å². The first-order valence-electron chi connectivity index (χ1n) is 11.5. The molecule has 2 aromatic carbocycles. The fraction of sp³-hybridized carbons (Fsp3) is 0.346. The largest absolute Gasteiger partial charge is 0.499 e. The minimum atomic E-state index is -3.70. The lowest BCUT2D eigenvalue weighted by Gasteiger charge is -2.46. The number of carbonyl (C=O) groups excluding carboxylic acids is 1. The highest BCUT2D eigenvalue weighted by molar-refractivity contribution is 7.89. The van der Waals surface area contributed by atoms with Gasteiger partial charge in [-0.3, -0.25) is 4.90 Å². The van der Waals surface area contributed by atoms with E-state index in [4.69, 9.17) is 9.47 Å². The van der Waals surface area contributed by atoms with Crippen molar-refractivity contribution in [1.82, 2.24) is 9.21 Å². The van der Waals surface area contributed by atoms with E-state index in [2.05, 4.69) is 0 Å². The molecule has 1 amide bonds. The number of cyclic esters (lactones) is 1. The Kier molecular flexibility index (Phi) is 6.18. The van der Waals surface area contributed by atoms with Crippen LogP contribution in [0, 0.1) is 5.92 Å². The predicted octanol–water partition coefficient (Wildman–Crippen LogP) is 4.04. The van der Waals surface area contributed by atoms with Gasteiger partial charge < -0.3 is 9.47 Å². The Hall–Kier alpha value is -3.10. The average molecular weight is 481 g/mol. The Morgan fingerprint density at radius 2 is 1.71 bits per heavy atom. The summed E-state index contributed by atoms with van der Waals surface area (Å²) in [5.74, 6) is 0.758. The van der Waals surface area contributed by atoms with Crippen LogP contribution in [0.3, 0.4) is 0 Å². The van der Waals surface area contributed by atoms with E-state index < -0.39 is 10.0 Å². The van der Waals surface area contributed by atoms with E-state index in [1.807, 2.05) is 60.7 Å². The van der Waals surface area contributed by atoms with Gasteiger partial charge in [0.05, 0.1) is 12.0 Å². The third-order valence-corrected chi connectivity index (χ3v) is 8.82. The second kappa shape index (κ2) is 9.27. The minimum Gasteiger partial charge on any atom is -0.499 e. The van der Waals surface area contributed by atoms with Crippen molar-refractivity contribution in [2.45, 2.75) is 29.8 Å². The van der Waals surface area contributed by atoms with Crippen molar-refractivity contribution >= 4 is 16.1 Å². The summed E-state index contributed by atoms with van der Waals surface area (Å²) in [4.78, 5) is 14.8. The monoisotopic (exact) mass is 480 g/mol. The van der Waals surface area contributed by atoms with E-state index >= 15 is 0 Å². The van der Waals surface area contributed by atoms with Crippen LogP contribution in [0.25, 0.3) is 11.1 Å². The molecule has 0 N–H and O–H groups in total. The Bertz CT molecular complexity index is 1220. The van der Waals surface area contributed by atoms with E-state index in [1.54, 1.807) is 24.1 Å². The van der Waals surface area contributed by atoms with Crippen molar-refractivity contribution in [3.8, 4) is 11.1 Å². The maximum Gasteiger partial charge on any atom is 0.410 e. The molecule has 2 aromatic rings. The summed E-state index contributed by atoms with van der Waals surface area (Å²) in [5.41, 5.74) is 1.56. The van der Waals surface area contributed by atoms with Gasteiger partial charge in [-0.05, 0) is 30.5 Å². The van der Waals surface area contributed by atoms with Crippen LogP contribution in [0.15, 0.2) is 83.5 Å². The number of rotatable bonds is 5. The van der Waals surface area contributed by atoms with Crippen LogP contribution < -0.4 is 0 Å². The Morgan fingerprint density at radius 3 is 2.44 bits per heavy atom. The highest BCUT2D eigenvalue weighted by Crippen LogP contribution is 2.36. The molecular formula is C26H28N2O5S. The molecule has 2 aliphatic heterocycles. The number of amides is 1. The third kappa shape index (κ3) is 4.01. The van der Waals surface area contributed by atoms with Gasteiger partial charge >= 0.3 is 6.09 Å². The van der Waals surface area contributed by atoms with Gasteiger partial charge in [-0.15, -0.1) is 0 Å². The summed E-state index contributed by atoms with van der Waals surface area (Å²) in [7, 11) is -2.09. The molecule has 1 aliphatic carbocycles. The number of piperidine rings is 1. The van der Waals surface area contributed by atoms with Crippen molar-refractivity contribution in [2.24, 2.45) is 5.92 Å². The fourth-order valence-corrected chi connectivity index (χ4v) is 6.85. The molecule has 3 aliphatic rings. The first-order valence-corrected chi connectivity index (χ1v) is 13.0. The third-order valence-electron chi connectivity index (χ3n) is 6.87. The fourth-order valence-electron chi connectivity index (χ4n) is 5.17. The maximum atomic E-state index is 13.6. The highest BCUT2D eigenvalue weighted by atomic mass is 32.2. The maximum absolute atomic E-state index is 13.6. The number of methoxy groups -OCH3 is 1. The summed E-state index contributed by atoms with van der Waals surface area (Å²) < 4.78 is 39.8. The van der Waals surface area contributed by atoms with Gasteiger partial charge in [-0.2, -0.15) is 4.31 Å². The average Bonchev–Trinajstić information content (AvgIpc) is 2.89. The number of ether oxygens (including phenoxy) is 2. The van der Waals surface area contributed by atoms with Crippen LogP contribution >= 0.6 is 0 Å². The molecule has 0 spiro atoms. The van der Waals surface area contributed by atoms with Gasteiger partial charge in [-0.25, -0.2) is 13.2 Å². The first kappa shape index (κ1) is 22.7. The summed E-state index contributed by atoms with van der Waals surface area (Å²) in [5, 5.41) is 0. The highest BCUT2D eigenvalue weighted by Gasteiger charge is 2.45. The van der Waals surface area contributed by atoms with Gasteiger partial charge in [0.15, 0.2) is 0 Å². The minimum absolute atomic E-state index is 0.0251. The smallest absolute Gasteiger partial charge is 0.410 e. The molecule has 2 unspecified atom stereocenters. The van der Waals surface area contributed by atoms with E-state index in [9.17, 15) is 13.2 Å². The SMILES string of the molecule is COC1=CC=CC2COC(=O)N(C3CCN(S(=O)(=O)c4ccccc4-c4ccccc4)CC3)C12. The molecule has 34 heavy (non-hydrogen) atoms. The standard InChI is InChI=1S/C26H28N2O5S/c1-32-23-12-7-10-20-18-33-26(29)28(25(20)23)21-14-16-27(17-15-21)34(30,31)24-13-6-5-11-22(24)19-8-3-2-4-9-19/h2-13,20-21,25H,14-18H2,1H3. The van der Waals surface area contributed by atoms with E-state index in [-0.39, 0.29) is 24.1 Å². The summed E-state index contributed by atoms with van der Waals surface area (Å²) in [6, 6.07) is 16.3. The second-order valence-electron chi connectivity index (χ2n) is 8.75. The topological polar surface area (TPSA) is 76.2 Å². The van der Waals surface area contributed by atoms with Crippen molar-refractivity contribution in [2.75, 3.05) is 26.8 Å². The second-order valence-corrected chi connectivity index (χ2v) is 10.7. The van der Waals surface area contributed by atoms with Crippen LogP contribution in [0.2, 0.25) is 0 Å². The number of carbonyl (C=O) groups is 1. The van der Waals surface area contributed by atoms with Gasteiger partial charge in [0.1, 0.15) is 18.4 Å². The molecule has 0 aromatic heterocycles. The van der Waals surface area contributed by atoms with Crippen LogP contribution in [0.1, 0.15) is 12.8 Å². The zero-order chi connectivity index (χ0) is 23.7. The molecule has 0 bridgehead atoms. The molecule has 0 saturated carbocycles. The van der Waals surface area contributed by atoms with E-state index in [0.717, 1.165) is 11.3 Å². The quantitative estimate of drug-likeness (QED) is 0.646.